The third kappa shape index (κ3) is 4.32. The number of hydrogen-bond donors (Lipinski definition) is 1. The highest BCUT2D eigenvalue weighted by atomic mass is 19.4. The van der Waals surface area contributed by atoms with Crippen LogP contribution in [0.5, 0.6) is 0 Å². The molecule has 3 rings (SSSR count). The molecule has 28 heavy (non-hydrogen) atoms. The van der Waals surface area contributed by atoms with Crippen molar-refractivity contribution in [2.45, 2.75) is 44.3 Å². The average Bonchev–Trinajstić information content (AvgIpc) is 3.15. The number of piperidine rings is 1. The van der Waals surface area contributed by atoms with Gasteiger partial charge in [-0.05, 0) is 37.8 Å². The standard InChI is InChI=1S/C18H19F3N4O3/c19-18(20,21)13-6-1-2-7-15(13)25-11-14(22-23-25)17(28)24-10-4-3-5-12(24)8-9-16(26)27/h1-2,6-7,11-12H,3-5,8-10H2,(H,26,27). The quantitative estimate of drug-likeness (QED) is 0.839. The number of carbonyl (C=O) groups is 2. The molecule has 1 aliphatic heterocycles. The fourth-order valence-electron chi connectivity index (χ4n) is 3.40. The topological polar surface area (TPSA) is 88.3 Å². The Hall–Kier alpha value is -2.91. The van der Waals surface area contributed by atoms with Crippen LogP contribution in [-0.2, 0) is 11.0 Å². The van der Waals surface area contributed by atoms with Crippen LogP contribution < -0.4 is 0 Å². The van der Waals surface area contributed by atoms with E-state index in [2.05, 4.69) is 10.3 Å². The highest BCUT2D eigenvalue weighted by Crippen LogP contribution is 2.33. The van der Waals surface area contributed by atoms with Gasteiger partial charge in [-0.15, -0.1) is 5.10 Å². The second-order valence-electron chi connectivity index (χ2n) is 6.64. The van der Waals surface area contributed by atoms with Crippen LogP contribution in [0.3, 0.4) is 0 Å². The summed E-state index contributed by atoms with van der Waals surface area (Å²) in [4.78, 5) is 25.2. The zero-order valence-electron chi connectivity index (χ0n) is 14.9. The Morgan fingerprint density at radius 2 is 1.96 bits per heavy atom. The molecule has 1 saturated heterocycles. The van der Waals surface area contributed by atoms with E-state index in [1.165, 1.54) is 24.4 Å². The number of carbonyl (C=O) groups excluding carboxylic acids is 1. The SMILES string of the molecule is O=C(O)CCC1CCCCN1C(=O)c1cn(-c2ccccc2C(F)(F)F)nn1. The van der Waals surface area contributed by atoms with E-state index in [4.69, 9.17) is 5.11 Å². The van der Waals surface area contributed by atoms with Crippen molar-refractivity contribution in [2.24, 2.45) is 0 Å². The molecule has 1 atom stereocenters. The van der Waals surface area contributed by atoms with Crippen molar-refractivity contribution >= 4 is 11.9 Å². The van der Waals surface area contributed by atoms with Gasteiger partial charge in [-0.3, -0.25) is 9.59 Å². The van der Waals surface area contributed by atoms with Crippen LogP contribution >= 0.6 is 0 Å². The van der Waals surface area contributed by atoms with Crippen LogP contribution in [0.15, 0.2) is 30.5 Å². The third-order valence-corrected chi connectivity index (χ3v) is 4.75. The van der Waals surface area contributed by atoms with E-state index in [0.717, 1.165) is 23.6 Å². The first-order chi connectivity index (χ1) is 13.3. The monoisotopic (exact) mass is 396 g/mol. The van der Waals surface area contributed by atoms with E-state index in [9.17, 15) is 22.8 Å². The molecule has 1 unspecified atom stereocenters. The van der Waals surface area contributed by atoms with Crippen LogP contribution in [0, 0.1) is 0 Å². The summed E-state index contributed by atoms with van der Waals surface area (Å²) in [6.07, 6.45) is -0.770. The van der Waals surface area contributed by atoms with Crippen molar-refractivity contribution in [1.82, 2.24) is 19.9 Å². The number of aliphatic carboxylic acids is 1. The Morgan fingerprint density at radius 3 is 2.68 bits per heavy atom. The van der Waals surface area contributed by atoms with Crippen LogP contribution in [0.4, 0.5) is 13.2 Å². The minimum absolute atomic E-state index is 0.0555. The smallest absolute Gasteiger partial charge is 0.418 e. The van der Waals surface area contributed by atoms with Gasteiger partial charge < -0.3 is 10.0 Å². The summed E-state index contributed by atoms with van der Waals surface area (Å²) in [6, 6.07) is 4.68. The molecule has 0 saturated carbocycles. The van der Waals surface area contributed by atoms with Crippen molar-refractivity contribution < 1.29 is 27.9 Å². The van der Waals surface area contributed by atoms with E-state index >= 15 is 0 Å². The number of hydrogen-bond acceptors (Lipinski definition) is 4. The lowest BCUT2D eigenvalue weighted by Gasteiger charge is -2.35. The van der Waals surface area contributed by atoms with Gasteiger partial charge in [-0.2, -0.15) is 13.2 Å². The summed E-state index contributed by atoms with van der Waals surface area (Å²) in [7, 11) is 0. The fourth-order valence-corrected chi connectivity index (χ4v) is 3.40. The predicted molar refractivity (Wildman–Crippen MR) is 91.9 cm³/mol. The number of likely N-dealkylation sites (tertiary alicyclic amines) is 1. The molecule has 1 aromatic heterocycles. The normalized spacial score (nSPS) is 17.5. The number of para-hydroxylation sites is 1. The Balaban J connectivity index is 1.83. The van der Waals surface area contributed by atoms with Gasteiger partial charge in [0.1, 0.15) is 0 Å². The van der Waals surface area contributed by atoms with Crippen LogP contribution in [0.2, 0.25) is 0 Å². The first-order valence-corrected chi connectivity index (χ1v) is 8.89. The molecular weight excluding hydrogens is 377 g/mol. The van der Waals surface area contributed by atoms with Crippen LogP contribution in [-0.4, -0.2) is 49.5 Å². The van der Waals surface area contributed by atoms with E-state index < -0.39 is 23.6 Å². The molecule has 1 aromatic carbocycles. The van der Waals surface area contributed by atoms with Crippen molar-refractivity contribution in [3.8, 4) is 5.69 Å². The summed E-state index contributed by atoms with van der Waals surface area (Å²) in [5.41, 5.74) is -1.17. The number of carboxylic acids is 1. The second kappa shape index (κ2) is 7.99. The number of halogens is 3. The first-order valence-electron chi connectivity index (χ1n) is 8.89. The molecule has 1 aliphatic rings. The maximum atomic E-state index is 13.2. The van der Waals surface area contributed by atoms with Crippen molar-refractivity contribution in [3.63, 3.8) is 0 Å². The zero-order chi connectivity index (χ0) is 20.3. The van der Waals surface area contributed by atoms with Crippen LogP contribution in [0.1, 0.15) is 48.2 Å². The molecule has 7 nitrogen and oxygen atoms in total. The summed E-state index contributed by atoms with van der Waals surface area (Å²) >= 11 is 0. The molecule has 0 spiro atoms. The van der Waals surface area contributed by atoms with Crippen molar-refractivity contribution in [3.05, 3.63) is 41.7 Å². The highest BCUT2D eigenvalue weighted by Gasteiger charge is 2.34. The molecule has 0 radical (unpaired) electrons. The molecule has 0 aliphatic carbocycles. The molecule has 2 aromatic rings. The second-order valence-corrected chi connectivity index (χ2v) is 6.64. The minimum Gasteiger partial charge on any atom is -0.481 e. The Kier molecular flexibility index (Phi) is 5.66. The largest absolute Gasteiger partial charge is 0.481 e. The molecule has 1 N–H and O–H groups in total. The lowest BCUT2D eigenvalue weighted by molar-refractivity contribution is -0.138. The number of alkyl halides is 3. The maximum Gasteiger partial charge on any atom is 0.418 e. The van der Waals surface area contributed by atoms with Gasteiger partial charge in [0, 0.05) is 19.0 Å². The third-order valence-electron chi connectivity index (χ3n) is 4.75. The number of benzene rings is 1. The summed E-state index contributed by atoms with van der Waals surface area (Å²) < 4.78 is 40.6. The summed E-state index contributed by atoms with van der Waals surface area (Å²) in [5.74, 6) is -1.39. The average molecular weight is 396 g/mol. The lowest BCUT2D eigenvalue weighted by atomic mass is 9.97. The molecule has 0 bridgehead atoms. The van der Waals surface area contributed by atoms with Gasteiger partial charge in [0.15, 0.2) is 5.69 Å². The van der Waals surface area contributed by atoms with Gasteiger partial charge in [0.2, 0.25) is 0 Å². The van der Waals surface area contributed by atoms with Gasteiger partial charge >= 0.3 is 12.1 Å². The molecule has 150 valence electrons. The molecule has 1 fully saturated rings. The predicted octanol–water partition coefficient (Wildman–Crippen LogP) is 3.15. The molecular formula is C18H19F3N4O3. The fraction of sp³-hybridized carbons (Fsp3) is 0.444. The maximum absolute atomic E-state index is 13.2. The van der Waals surface area contributed by atoms with Crippen molar-refractivity contribution in [2.75, 3.05) is 6.54 Å². The van der Waals surface area contributed by atoms with Gasteiger partial charge in [-0.1, -0.05) is 17.3 Å². The Morgan fingerprint density at radius 1 is 1.21 bits per heavy atom. The number of nitrogens with zero attached hydrogens (tertiary/aromatic N) is 4. The van der Waals surface area contributed by atoms with Crippen LogP contribution in [0.25, 0.3) is 5.69 Å². The number of aromatic nitrogens is 3. The molecule has 2 heterocycles. The van der Waals surface area contributed by atoms with Gasteiger partial charge in [0.05, 0.1) is 17.4 Å². The van der Waals surface area contributed by atoms with E-state index in [0.29, 0.717) is 19.4 Å². The summed E-state index contributed by atoms with van der Waals surface area (Å²) in [5, 5.41) is 16.3. The van der Waals surface area contributed by atoms with Crippen molar-refractivity contribution in [1.29, 1.82) is 0 Å². The van der Waals surface area contributed by atoms with E-state index in [-0.39, 0.29) is 23.8 Å². The van der Waals surface area contributed by atoms with E-state index in [1.807, 2.05) is 0 Å². The van der Waals surface area contributed by atoms with Gasteiger partial charge in [0.25, 0.3) is 5.91 Å². The zero-order valence-corrected chi connectivity index (χ0v) is 14.9. The van der Waals surface area contributed by atoms with Gasteiger partial charge in [-0.25, -0.2) is 4.68 Å². The van der Waals surface area contributed by atoms with E-state index in [1.54, 1.807) is 4.90 Å². The highest BCUT2D eigenvalue weighted by molar-refractivity contribution is 5.92. The first kappa shape index (κ1) is 19.8. The molecule has 1 amide bonds. The summed E-state index contributed by atoms with van der Waals surface area (Å²) in [6.45, 7) is 0.453. The minimum atomic E-state index is -4.57. The Labute approximate surface area is 158 Å². The number of amides is 1. The lowest BCUT2D eigenvalue weighted by Crippen LogP contribution is -2.44. The molecule has 10 heteroatoms. The number of carboxylic acid groups (broad SMARTS) is 1. The number of rotatable bonds is 5. The Bertz CT molecular complexity index is 866.